The number of carbonyl (C=O) groups excluding carboxylic acids is 2. The molecule has 1 aliphatic heterocycles. The Balaban J connectivity index is 2.41. The van der Waals surface area contributed by atoms with Crippen molar-refractivity contribution in [2.75, 3.05) is 20.8 Å². The Labute approximate surface area is 133 Å². The van der Waals surface area contributed by atoms with Crippen molar-refractivity contribution in [2.45, 2.75) is 6.92 Å². The third-order valence-electron chi connectivity index (χ3n) is 3.22. The molecule has 116 valence electrons. The minimum Gasteiger partial charge on any atom is -0.493 e. The summed E-state index contributed by atoms with van der Waals surface area (Å²) in [4.78, 5) is 25.6. The predicted molar refractivity (Wildman–Crippen MR) is 85.7 cm³/mol. The molecule has 1 aromatic carbocycles. The molecule has 0 unspecified atom stereocenters. The van der Waals surface area contributed by atoms with Crippen molar-refractivity contribution in [2.24, 2.45) is 0 Å². The standard InChI is InChI=1S/C15H16N2O4S/c1-4-17-14(19)10(13(18)16-15(17)22)7-9-5-6-11(20-2)12(8-9)21-3/h5-8H,4H2,1-3H3,(H,16,18,22)/b10-7+. The van der Waals surface area contributed by atoms with E-state index in [1.807, 2.05) is 0 Å². The highest BCUT2D eigenvalue weighted by molar-refractivity contribution is 7.80. The Bertz CT molecular complexity index is 670. The van der Waals surface area contributed by atoms with Crippen LogP contribution in [0.15, 0.2) is 23.8 Å². The lowest BCUT2D eigenvalue weighted by molar-refractivity contribution is -0.128. The highest BCUT2D eigenvalue weighted by Crippen LogP contribution is 2.28. The minimum atomic E-state index is -0.505. The molecule has 1 saturated heterocycles. The van der Waals surface area contributed by atoms with Gasteiger partial charge in [0.05, 0.1) is 14.2 Å². The van der Waals surface area contributed by atoms with Gasteiger partial charge in [-0.05, 0) is 42.9 Å². The summed E-state index contributed by atoms with van der Waals surface area (Å²) < 4.78 is 10.4. The van der Waals surface area contributed by atoms with Gasteiger partial charge in [-0.1, -0.05) is 6.07 Å². The van der Waals surface area contributed by atoms with Crippen molar-refractivity contribution in [1.29, 1.82) is 0 Å². The molecule has 2 rings (SSSR count). The van der Waals surface area contributed by atoms with Crippen LogP contribution in [0.5, 0.6) is 11.5 Å². The van der Waals surface area contributed by atoms with Gasteiger partial charge < -0.3 is 9.47 Å². The van der Waals surface area contributed by atoms with Crippen molar-refractivity contribution in [3.05, 3.63) is 29.3 Å². The van der Waals surface area contributed by atoms with E-state index in [1.54, 1.807) is 25.1 Å². The first kappa shape index (κ1) is 16.0. The van der Waals surface area contributed by atoms with Crippen LogP contribution in [-0.2, 0) is 9.59 Å². The van der Waals surface area contributed by atoms with E-state index < -0.39 is 11.8 Å². The number of ether oxygens (including phenoxy) is 2. The molecular formula is C15H16N2O4S. The quantitative estimate of drug-likeness (QED) is 0.515. The number of hydrogen-bond acceptors (Lipinski definition) is 5. The smallest absolute Gasteiger partial charge is 0.265 e. The number of carbonyl (C=O) groups is 2. The van der Waals surface area contributed by atoms with Crippen LogP contribution in [0.4, 0.5) is 0 Å². The molecule has 0 atom stereocenters. The van der Waals surface area contributed by atoms with Gasteiger partial charge in [0, 0.05) is 6.54 Å². The average Bonchev–Trinajstić information content (AvgIpc) is 2.51. The van der Waals surface area contributed by atoms with Crippen LogP contribution in [0.25, 0.3) is 6.08 Å². The zero-order chi connectivity index (χ0) is 16.3. The summed E-state index contributed by atoms with van der Waals surface area (Å²) in [6.45, 7) is 2.18. The normalized spacial score (nSPS) is 16.8. The lowest BCUT2D eigenvalue weighted by Gasteiger charge is -2.27. The van der Waals surface area contributed by atoms with Gasteiger partial charge in [-0.3, -0.25) is 19.8 Å². The van der Waals surface area contributed by atoms with E-state index in [0.29, 0.717) is 23.6 Å². The first-order chi connectivity index (χ1) is 10.5. The molecule has 1 aromatic rings. The SMILES string of the molecule is CCN1C(=O)/C(=C/c2ccc(OC)c(OC)c2)C(=O)NC1=S. The van der Waals surface area contributed by atoms with Crippen LogP contribution >= 0.6 is 12.2 Å². The van der Waals surface area contributed by atoms with E-state index in [-0.39, 0.29) is 10.7 Å². The maximum absolute atomic E-state index is 12.3. The molecule has 2 amide bonds. The number of likely N-dealkylation sites (N-methyl/N-ethyl adjacent to an activating group) is 1. The van der Waals surface area contributed by atoms with Crippen LogP contribution in [0.2, 0.25) is 0 Å². The Kier molecular flexibility index (Phi) is 4.77. The molecule has 0 spiro atoms. The second-order valence-corrected chi connectivity index (χ2v) is 4.87. The largest absolute Gasteiger partial charge is 0.493 e. The number of rotatable bonds is 4. The van der Waals surface area contributed by atoms with Crippen LogP contribution in [-0.4, -0.2) is 42.6 Å². The first-order valence-electron chi connectivity index (χ1n) is 6.62. The molecule has 1 fully saturated rings. The number of nitrogens with zero attached hydrogens (tertiary/aromatic N) is 1. The van der Waals surface area contributed by atoms with Crippen LogP contribution in [0, 0.1) is 0 Å². The van der Waals surface area contributed by atoms with E-state index in [4.69, 9.17) is 21.7 Å². The summed E-state index contributed by atoms with van der Waals surface area (Å²) >= 11 is 4.98. The van der Waals surface area contributed by atoms with E-state index in [1.165, 1.54) is 25.2 Å². The third kappa shape index (κ3) is 2.94. The zero-order valence-electron chi connectivity index (χ0n) is 12.5. The Morgan fingerprint density at radius 1 is 1.23 bits per heavy atom. The third-order valence-corrected chi connectivity index (χ3v) is 3.54. The molecule has 1 heterocycles. The van der Waals surface area contributed by atoms with E-state index in [9.17, 15) is 9.59 Å². The van der Waals surface area contributed by atoms with Crippen molar-refractivity contribution >= 4 is 35.2 Å². The second kappa shape index (κ2) is 6.57. The summed E-state index contributed by atoms with van der Waals surface area (Å²) in [6.07, 6.45) is 1.50. The molecule has 0 saturated carbocycles. The molecule has 0 radical (unpaired) electrons. The summed E-state index contributed by atoms with van der Waals surface area (Å²) in [7, 11) is 3.05. The van der Waals surface area contributed by atoms with E-state index in [2.05, 4.69) is 5.32 Å². The molecule has 7 heteroatoms. The summed E-state index contributed by atoms with van der Waals surface area (Å²) in [5, 5.41) is 2.63. The van der Waals surface area contributed by atoms with Crippen LogP contribution in [0.1, 0.15) is 12.5 Å². The van der Waals surface area contributed by atoms with Crippen molar-refractivity contribution in [1.82, 2.24) is 10.2 Å². The molecule has 0 aromatic heterocycles. The number of nitrogens with one attached hydrogen (secondary N) is 1. The first-order valence-corrected chi connectivity index (χ1v) is 7.03. The van der Waals surface area contributed by atoms with Gasteiger partial charge in [-0.2, -0.15) is 0 Å². The van der Waals surface area contributed by atoms with Gasteiger partial charge >= 0.3 is 0 Å². The highest BCUT2D eigenvalue weighted by atomic mass is 32.1. The summed E-state index contributed by atoms with van der Waals surface area (Å²) in [5.74, 6) is 0.171. The predicted octanol–water partition coefficient (Wildman–Crippen LogP) is 1.35. The summed E-state index contributed by atoms with van der Waals surface area (Å²) in [6, 6.07) is 5.13. The van der Waals surface area contributed by atoms with Gasteiger partial charge in [0.2, 0.25) is 0 Å². The van der Waals surface area contributed by atoms with E-state index in [0.717, 1.165) is 0 Å². The lowest BCUT2D eigenvalue weighted by atomic mass is 10.1. The fraction of sp³-hybridized carbons (Fsp3) is 0.267. The van der Waals surface area contributed by atoms with Crippen molar-refractivity contribution < 1.29 is 19.1 Å². The Morgan fingerprint density at radius 2 is 1.91 bits per heavy atom. The van der Waals surface area contributed by atoms with Gasteiger partial charge in [-0.25, -0.2) is 0 Å². The molecule has 22 heavy (non-hydrogen) atoms. The highest BCUT2D eigenvalue weighted by Gasteiger charge is 2.32. The number of methoxy groups -OCH3 is 2. The van der Waals surface area contributed by atoms with Crippen molar-refractivity contribution in [3.8, 4) is 11.5 Å². The molecule has 0 bridgehead atoms. The van der Waals surface area contributed by atoms with Crippen molar-refractivity contribution in [3.63, 3.8) is 0 Å². The maximum Gasteiger partial charge on any atom is 0.265 e. The van der Waals surface area contributed by atoms with Gasteiger partial charge in [0.25, 0.3) is 11.8 Å². The Morgan fingerprint density at radius 3 is 2.50 bits per heavy atom. The fourth-order valence-corrected chi connectivity index (χ4v) is 2.40. The zero-order valence-corrected chi connectivity index (χ0v) is 13.3. The fourth-order valence-electron chi connectivity index (χ4n) is 2.09. The number of benzene rings is 1. The number of amides is 2. The Hall–Kier alpha value is -2.41. The van der Waals surface area contributed by atoms with Gasteiger partial charge in [0.1, 0.15) is 5.57 Å². The maximum atomic E-state index is 12.3. The molecule has 6 nitrogen and oxygen atoms in total. The minimum absolute atomic E-state index is 0.0302. The van der Waals surface area contributed by atoms with Crippen LogP contribution < -0.4 is 14.8 Å². The monoisotopic (exact) mass is 320 g/mol. The number of hydrogen-bond donors (Lipinski definition) is 1. The molecular weight excluding hydrogens is 304 g/mol. The van der Waals surface area contributed by atoms with Crippen LogP contribution in [0.3, 0.4) is 0 Å². The van der Waals surface area contributed by atoms with Gasteiger partial charge in [0.15, 0.2) is 16.6 Å². The topological polar surface area (TPSA) is 67.9 Å². The van der Waals surface area contributed by atoms with E-state index >= 15 is 0 Å². The average molecular weight is 320 g/mol. The summed E-state index contributed by atoms with van der Waals surface area (Å²) in [5.41, 5.74) is 0.683. The van der Waals surface area contributed by atoms with Gasteiger partial charge in [-0.15, -0.1) is 0 Å². The number of thiocarbonyl (C=S) groups is 1. The molecule has 1 N–H and O–H groups in total. The molecule has 0 aliphatic carbocycles. The molecule has 1 aliphatic rings. The second-order valence-electron chi connectivity index (χ2n) is 4.48. The lowest BCUT2D eigenvalue weighted by Crippen LogP contribution is -2.53.